The predicted octanol–water partition coefficient (Wildman–Crippen LogP) is 2.64. The second-order valence-electron chi connectivity index (χ2n) is 6.06. The minimum absolute atomic E-state index is 0.824. The highest BCUT2D eigenvalue weighted by atomic mass is 15.2. The molecule has 0 bridgehead atoms. The number of nitrogens with zero attached hydrogens (tertiary/aromatic N) is 1. The molecule has 0 radical (unpaired) electrons. The lowest BCUT2D eigenvalue weighted by Gasteiger charge is -2.23. The van der Waals surface area contributed by atoms with Crippen molar-refractivity contribution in [3.8, 4) is 0 Å². The van der Waals surface area contributed by atoms with E-state index in [1.165, 1.54) is 58.2 Å². The first-order valence-electron chi connectivity index (χ1n) is 7.23. The number of hydrogen-bond donors (Lipinski definition) is 1. The molecule has 2 aliphatic carbocycles. The van der Waals surface area contributed by atoms with Crippen molar-refractivity contribution in [3.05, 3.63) is 0 Å². The van der Waals surface area contributed by atoms with Gasteiger partial charge in [0.05, 0.1) is 0 Å². The zero-order valence-corrected chi connectivity index (χ0v) is 11.0. The Kier molecular flexibility index (Phi) is 4.66. The largest absolute Gasteiger partial charge is 0.314 e. The van der Waals surface area contributed by atoms with Gasteiger partial charge >= 0.3 is 0 Å². The number of rotatable bonds is 9. The molecule has 0 amide bonds. The van der Waals surface area contributed by atoms with E-state index in [-0.39, 0.29) is 0 Å². The Labute approximate surface area is 101 Å². The summed E-state index contributed by atoms with van der Waals surface area (Å²) in [5, 5.41) is 3.60. The van der Waals surface area contributed by atoms with Crippen molar-refractivity contribution < 1.29 is 0 Å². The molecule has 2 saturated carbocycles. The molecule has 2 fully saturated rings. The third-order valence-corrected chi connectivity index (χ3v) is 3.55. The summed E-state index contributed by atoms with van der Waals surface area (Å²) < 4.78 is 0. The van der Waals surface area contributed by atoms with Crippen molar-refractivity contribution in [2.24, 2.45) is 5.92 Å². The van der Waals surface area contributed by atoms with Crippen molar-refractivity contribution >= 4 is 0 Å². The summed E-state index contributed by atoms with van der Waals surface area (Å²) in [7, 11) is 0. The molecule has 0 aromatic carbocycles. The van der Waals surface area contributed by atoms with E-state index in [9.17, 15) is 0 Å². The average Bonchev–Trinajstić information content (AvgIpc) is 3.08. The lowest BCUT2D eigenvalue weighted by atomic mass is 10.2. The van der Waals surface area contributed by atoms with Gasteiger partial charge in [-0.1, -0.05) is 13.8 Å². The van der Waals surface area contributed by atoms with E-state index in [1.54, 1.807) is 0 Å². The standard InChI is InChI=1S/C14H28N2/c1-12(2)11-16(14-7-8-14)10-4-3-9-15-13-5-6-13/h12-15H,3-11H2,1-2H3. The van der Waals surface area contributed by atoms with Gasteiger partial charge in [0.15, 0.2) is 0 Å². The summed E-state index contributed by atoms with van der Waals surface area (Å²) in [6, 6.07) is 1.83. The molecule has 1 N–H and O–H groups in total. The van der Waals surface area contributed by atoms with Crippen LogP contribution in [0.25, 0.3) is 0 Å². The van der Waals surface area contributed by atoms with E-state index in [2.05, 4.69) is 24.1 Å². The third kappa shape index (κ3) is 4.84. The summed E-state index contributed by atoms with van der Waals surface area (Å²) in [5.74, 6) is 0.824. The van der Waals surface area contributed by atoms with Gasteiger partial charge in [0.1, 0.15) is 0 Å². The van der Waals surface area contributed by atoms with Crippen molar-refractivity contribution in [2.75, 3.05) is 19.6 Å². The lowest BCUT2D eigenvalue weighted by Crippen LogP contribution is -2.31. The Hall–Kier alpha value is -0.0800. The number of hydrogen-bond acceptors (Lipinski definition) is 2. The van der Waals surface area contributed by atoms with Crippen LogP contribution >= 0.6 is 0 Å². The Morgan fingerprint density at radius 3 is 2.44 bits per heavy atom. The fourth-order valence-corrected chi connectivity index (χ4v) is 2.37. The Bertz CT molecular complexity index is 195. The second kappa shape index (κ2) is 6.02. The van der Waals surface area contributed by atoms with Crippen LogP contribution in [-0.4, -0.2) is 36.6 Å². The van der Waals surface area contributed by atoms with Crippen LogP contribution in [-0.2, 0) is 0 Å². The molecule has 0 aromatic heterocycles. The van der Waals surface area contributed by atoms with Crippen LogP contribution < -0.4 is 5.32 Å². The molecule has 0 aromatic rings. The van der Waals surface area contributed by atoms with Crippen LogP contribution in [0.15, 0.2) is 0 Å². The molecule has 2 heteroatoms. The van der Waals surface area contributed by atoms with Crippen molar-refractivity contribution in [1.29, 1.82) is 0 Å². The fraction of sp³-hybridized carbons (Fsp3) is 1.00. The van der Waals surface area contributed by atoms with Crippen LogP contribution in [0.1, 0.15) is 52.4 Å². The molecule has 0 heterocycles. The normalized spacial score (nSPS) is 21.0. The highest BCUT2D eigenvalue weighted by Gasteiger charge is 2.28. The first kappa shape index (κ1) is 12.4. The maximum atomic E-state index is 3.60. The molecule has 0 aliphatic heterocycles. The van der Waals surface area contributed by atoms with E-state index in [0.29, 0.717) is 0 Å². The van der Waals surface area contributed by atoms with Crippen LogP contribution in [0.5, 0.6) is 0 Å². The average molecular weight is 224 g/mol. The number of nitrogens with one attached hydrogen (secondary N) is 1. The number of unbranched alkanes of at least 4 members (excludes halogenated alkanes) is 1. The van der Waals surface area contributed by atoms with Gasteiger partial charge in [-0.3, -0.25) is 0 Å². The van der Waals surface area contributed by atoms with Crippen molar-refractivity contribution in [1.82, 2.24) is 10.2 Å². The fourth-order valence-electron chi connectivity index (χ4n) is 2.37. The first-order chi connectivity index (χ1) is 7.75. The Morgan fingerprint density at radius 1 is 1.12 bits per heavy atom. The van der Waals surface area contributed by atoms with E-state index in [4.69, 9.17) is 0 Å². The highest BCUT2D eigenvalue weighted by molar-refractivity contribution is 4.85. The molecule has 0 spiro atoms. The molecule has 0 unspecified atom stereocenters. The van der Waals surface area contributed by atoms with Gasteiger partial charge < -0.3 is 10.2 Å². The minimum atomic E-state index is 0.824. The summed E-state index contributed by atoms with van der Waals surface area (Å²) in [4.78, 5) is 2.72. The molecular weight excluding hydrogens is 196 g/mol. The van der Waals surface area contributed by atoms with Crippen LogP contribution in [0.3, 0.4) is 0 Å². The molecule has 94 valence electrons. The molecule has 2 nitrogen and oxygen atoms in total. The third-order valence-electron chi connectivity index (χ3n) is 3.55. The maximum absolute atomic E-state index is 3.60. The van der Waals surface area contributed by atoms with Gasteiger partial charge in [-0.25, -0.2) is 0 Å². The first-order valence-corrected chi connectivity index (χ1v) is 7.23. The molecule has 0 saturated heterocycles. The van der Waals surface area contributed by atoms with Crippen LogP contribution in [0.4, 0.5) is 0 Å². The topological polar surface area (TPSA) is 15.3 Å². The quantitative estimate of drug-likeness (QED) is 0.606. The molecule has 2 aliphatic rings. The van der Waals surface area contributed by atoms with Gasteiger partial charge in [-0.2, -0.15) is 0 Å². The van der Waals surface area contributed by atoms with Gasteiger partial charge in [-0.15, -0.1) is 0 Å². The monoisotopic (exact) mass is 224 g/mol. The summed E-state index contributed by atoms with van der Waals surface area (Å²) in [6.45, 7) is 8.55. The van der Waals surface area contributed by atoms with Crippen LogP contribution in [0.2, 0.25) is 0 Å². The lowest BCUT2D eigenvalue weighted by molar-refractivity contribution is 0.230. The summed E-state index contributed by atoms with van der Waals surface area (Å²) in [6.07, 6.45) is 8.48. The molecule has 0 atom stereocenters. The molecule has 16 heavy (non-hydrogen) atoms. The van der Waals surface area contributed by atoms with Gasteiger partial charge in [0.25, 0.3) is 0 Å². The zero-order chi connectivity index (χ0) is 11.4. The smallest absolute Gasteiger partial charge is 0.00965 e. The SMILES string of the molecule is CC(C)CN(CCCCNC1CC1)C1CC1. The summed E-state index contributed by atoms with van der Waals surface area (Å²) >= 11 is 0. The predicted molar refractivity (Wildman–Crippen MR) is 69.7 cm³/mol. The molecule has 2 rings (SSSR count). The second-order valence-corrected chi connectivity index (χ2v) is 6.06. The van der Waals surface area contributed by atoms with Gasteiger partial charge in [-0.05, 0) is 57.5 Å². The van der Waals surface area contributed by atoms with E-state index >= 15 is 0 Å². The van der Waals surface area contributed by atoms with Crippen molar-refractivity contribution in [2.45, 2.75) is 64.5 Å². The van der Waals surface area contributed by atoms with Gasteiger partial charge in [0.2, 0.25) is 0 Å². The Balaban J connectivity index is 1.50. The highest BCUT2D eigenvalue weighted by Crippen LogP contribution is 2.27. The maximum Gasteiger partial charge on any atom is 0.00965 e. The summed E-state index contributed by atoms with van der Waals surface area (Å²) in [5.41, 5.74) is 0. The minimum Gasteiger partial charge on any atom is -0.314 e. The van der Waals surface area contributed by atoms with Gasteiger partial charge in [0, 0.05) is 18.6 Å². The van der Waals surface area contributed by atoms with E-state index in [0.717, 1.165) is 18.0 Å². The zero-order valence-electron chi connectivity index (χ0n) is 11.0. The Morgan fingerprint density at radius 2 is 1.88 bits per heavy atom. The van der Waals surface area contributed by atoms with E-state index in [1.807, 2.05) is 0 Å². The van der Waals surface area contributed by atoms with Crippen molar-refractivity contribution in [3.63, 3.8) is 0 Å². The molecular formula is C14H28N2. The van der Waals surface area contributed by atoms with Crippen LogP contribution in [0, 0.1) is 5.92 Å². The van der Waals surface area contributed by atoms with E-state index < -0.39 is 0 Å².